The van der Waals surface area contributed by atoms with Crippen molar-refractivity contribution in [1.82, 2.24) is 0 Å². The molecule has 0 spiro atoms. The fourth-order valence-electron chi connectivity index (χ4n) is 2.27. The van der Waals surface area contributed by atoms with E-state index in [1.165, 1.54) is 39.3 Å². The van der Waals surface area contributed by atoms with Crippen molar-refractivity contribution in [3.05, 3.63) is 57.9 Å². The van der Waals surface area contributed by atoms with E-state index < -0.39 is 40.0 Å². The molecule has 2 aromatic carbocycles. The molecule has 0 aromatic heterocycles. The Hall–Kier alpha value is -3.69. The van der Waals surface area contributed by atoms with Gasteiger partial charge in [-0.1, -0.05) is 6.07 Å². The van der Waals surface area contributed by atoms with Gasteiger partial charge in [-0.25, -0.2) is 9.18 Å². The number of esters is 1. The molecule has 0 aliphatic carbocycles. The summed E-state index contributed by atoms with van der Waals surface area (Å²) in [5.74, 6) is -2.25. The third-order valence-corrected chi connectivity index (χ3v) is 3.66. The molecule has 148 valence electrons. The third kappa shape index (κ3) is 4.72. The van der Waals surface area contributed by atoms with Gasteiger partial charge < -0.3 is 19.5 Å². The van der Waals surface area contributed by atoms with E-state index in [4.69, 9.17) is 14.2 Å². The van der Waals surface area contributed by atoms with Crippen molar-refractivity contribution in [2.45, 2.75) is 13.0 Å². The fourth-order valence-corrected chi connectivity index (χ4v) is 2.27. The maximum Gasteiger partial charge on any atom is 0.346 e. The van der Waals surface area contributed by atoms with Gasteiger partial charge in [-0.3, -0.25) is 14.9 Å². The highest BCUT2D eigenvalue weighted by atomic mass is 19.1. The molecule has 0 unspecified atom stereocenters. The first-order valence-corrected chi connectivity index (χ1v) is 7.94. The molecule has 1 amide bonds. The minimum Gasteiger partial charge on any atom is -0.493 e. The van der Waals surface area contributed by atoms with Crippen LogP contribution in [0.15, 0.2) is 36.4 Å². The van der Waals surface area contributed by atoms with Crippen LogP contribution in [0.4, 0.5) is 15.8 Å². The molecule has 1 N–H and O–H groups in total. The van der Waals surface area contributed by atoms with Crippen LogP contribution in [0.3, 0.4) is 0 Å². The van der Waals surface area contributed by atoms with Crippen molar-refractivity contribution in [1.29, 1.82) is 0 Å². The molecule has 0 radical (unpaired) electrons. The number of benzene rings is 2. The van der Waals surface area contributed by atoms with Crippen molar-refractivity contribution in [3.63, 3.8) is 0 Å². The Morgan fingerprint density at radius 1 is 1.14 bits per heavy atom. The largest absolute Gasteiger partial charge is 0.493 e. The van der Waals surface area contributed by atoms with Crippen molar-refractivity contribution >= 4 is 23.3 Å². The van der Waals surface area contributed by atoms with Crippen LogP contribution in [-0.4, -0.2) is 37.1 Å². The van der Waals surface area contributed by atoms with Crippen LogP contribution in [0.25, 0.3) is 0 Å². The molecule has 0 bridgehead atoms. The van der Waals surface area contributed by atoms with Gasteiger partial charge in [0.15, 0.2) is 17.6 Å². The monoisotopic (exact) mass is 392 g/mol. The lowest BCUT2D eigenvalue weighted by Gasteiger charge is -2.15. The number of nitro benzene ring substituents is 1. The number of carbonyl (C=O) groups excluding carboxylic acids is 2. The van der Waals surface area contributed by atoms with Gasteiger partial charge in [0.25, 0.3) is 11.6 Å². The van der Waals surface area contributed by atoms with Gasteiger partial charge >= 0.3 is 5.97 Å². The van der Waals surface area contributed by atoms with E-state index in [1.807, 2.05) is 0 Å². The van der Waals surface area contributed by atoms with E-state index in [-0.39, 0.29) is 17.2 Å². The molecule has 0 heterocycles. The molecule has 10 heteroatoms. The van der Waals surface area contributed by atoms with Crippen LogP contribution in [0.1, 0.15) is 17.3 Å². The molecular formula is C18H17FN2O7. The quantitative estimate of drug-likeness (QED) is 0.437. The first kappa shape index (κ1) is 20.6. The van der Waals surface area contributed by atoms with Crippen molar-refractivity contribution < 1.29 is 33.1 Å². The van der Waals surface area contributed by atoms with Gasteiger partial charge in [0.05, 0.1) is 25.2 Å². The average molecular weight is 392 g/mol. The fraction of sp³-hybridized carbons (Fsp3) is 0.222. The zero-order valence-corrected chi connectivity index (χ0v) is 15.2. The molecule has 0 aliphatic heterocycles. The second-order valence-corrected chi connectivity index (χ2v) is 5.53. The molecule has 2 rings (SSSR count). The van der Waals surface area contributed by atoms with Gasteiger partial charge in [0, 0.05) is 11.8 Å². The van der Waals surface area contributed by atoms with E-state index in [0.717, 1.165) is 18.2 Å². The molecule has 1 atom stereocenters. The number of hydrogen-bond donors (Lipinski definition) is 1. The van der Waals surface area contributed by atoms with E-state index in [0.29, 0.717) is 0 Å². The minimum atomic E-state index is -1.30. The minimum absolute atomic E-state index is 0.0580. The van der Waals surface area contributed by atoms with Crippen LogP contribution in [0.2, 0.25) is 0 Å². The number of rotatable bonds is 7. The molecule has 0 saturated carbocycles. The van der Waals surface area contributed by atoms with E-state index in [2.05, 4.69) is 5.32 Å². The van der Waals surface area contributed by atoms with Crippen molar-refractivity contribution in [2.75, 3.05) is 19.5 Å². The Bertz CT molecular complexity index is 917. The second kappa shape index (κ2) is 8.80. The van der Waals surface area contributed by atoms with E-state index in [9.17, 15) is 24.1 Å². The van der Waals surface area contributed by atoms with Crippen molar-refractivity contribution in [3.8, 4) is 11.5 Å². The lowest BCUT2D eigenvalue weighted by Crippen LogP contribution is -2.30. The molecule has 28 heavy (non-hydrogen) atoms. The predicted molar refractivity (Wildman–Crippen MR) is 96.1 cm³/mol. The maximum absolute atomic E-state index is 13.2. The molecule has 0 fully saturated rings. The summed E-state index contributed by atoms with van der Waals surface area (Å²) in [5.41, 5.74) is -0.807. The van der Waals surface area contributed by atoms with Crippen LogP contribution in [0, 0.1) is 15.9 Å². The normalized spacial score (nSPS) is 11.3. The number of hydrogen-bond acceptors (Lipinski definition) is 7. The standard InChI is InChI=1S/C18H17FN2O7/c1-10(17(22)20-12-6-4-5-11(19)7-12)28-18(23)13-8-15(26-2)16(27-3)9-14(13)21(24)25/h4-10H,1-3H3,(H,20,22)/t10-/m1/s1. The number of nitrogens with zero attached hydrogens (tertiary/aromatic N) is 1. The summed E-state index contributed by atoms with van der Waals surface area (Å²) in [5, 5.41) is 13.7. The number of anilines is 1. The highest BCUT2D eigenvalue weighted by Gasteiger charge is 2.28. The lowest BCUT2D eigenvalue weighted by atomic mass is 10.1. The predicted octanol–water partition coefficient (Wildman–Crippen LogP) is 2.94. The second-order valence-electron chi connectivity index (χ2n) is 5.53. The Kier molecular flexibility index (Phi) is 6.48. The maximum atomic E-state index is 13.2. The molecule has 0 aliphatic rings. The summed E-state index contributed by atoms with van der Waals surface area (Å²) in [7, 11) is 2.59. The van der Waals surface area contributed by atoms with Gasteiger partial charge in [-0.05, 0) is 25.1 Å². The summed E-state index contributed by atoms with van der Waals surface area (Å²) >= 11 is 0. The average Bonchev–Trinajstić information content (AvgIpc) is 2.66. The van der Waals surface area contributed by atoms with Gasteiger partial charge in [0.2, 0.25) is 0 Å². The summed E-state index contributed by atoms with van der Waals surface area (Å²) in [4.78, 5) is 35.0. The van der Waals surface area contributed by atoms with E-state index >= 15 is 0 Å². The van der Waals surface area contributed by atoms with Gasteiger partial charge in [0.1, 0.15) is 11.4 Å². The summed E-state index contributed by atoms with van der Waals surface area (Å²) in [6, 6.07) is 7.26. The van der Waals surface area contributed by atoms with Crippen LogP contribution >= 0.6 is 0 Å². The zero-order valence-electron chi connectivity index (χ0n) is 15.2. The Labute approximate surface area is 159 Å². The molecule has 0 saturated heterocycles. The number of halogens is 1. The van der Waals surface area contributed by atoms with Gasteiger partial charge in [-0.15, -0.1) is 0 Å². The smallest absolute Gasteiger partial charge is 0.346 e. The summed E-state index contributed by atoms with van der Waals surface area (Å²) in [6.45, 7) is 1.28. The lowest BCUT2D eigenvalue weighted by molar-refractivity contribution is -0.385. The number of nitro groups is 1. The van der Waals surface area contributed by atoms with Crippen LogP contribution < -0.4 is 14.8 Å². The molecule has 9 nitrogen and oxygen atoms in total. The number of amides is 1. The topological polar surface area (TPSA) is 117 Å². The van der Waals surface area contributed by atoms with Crippen LogP contribution in [0.5, 0.6) is 11.5 Å². The zero-order chi connectivity index (χ0) is 20.8. The van der Waals surface area contributed by atoms with Crippen molar-refractivity contribution in [2.24, 2.45) is 0 Å². The highest BCUT2D eigenvalue weighted by molar-refractivity contribution is 5.99. The van der Waals surface area contributed by atoms with E-state index in [1.54, 1.807) is 0 Å². The Balaban J connectivity index is 2.21. The number of ether oxygens (including phenoxy) is 3. The SMILES string of the molecule is COc1cc(C(=O)O[C@H](C)C(=O)Nc2cccc(F)c2)c([N+](=O)[O-])cc1OC. The number of carbonyl (C=O) groups is 2. The molecular weight excluding hydrogens is 375 g/mol. The number of nitrogens with one attached hydrogen (secondary N) is 1. The summed E-state index contributed by atoms with van der Waals surface area (Å²) < 4.78 is 28.2. The Morgan fingerprint density at radius 2 is 1.79 bits per heavy atom. The Morgan fingerprint density at radius 3 is 2.36 bits per heavy atom. The molecule has 2 aromatic rings. The highest BCUT2D eigenvalue weighted by Crippen LogP contribution is 2.35. The first-order chi connectivity index (χ1) is 13.3. The first-order valence-electron chi connectivity index (χ1n) is 7.94. The van der Waals surface area contributed by atoms with Crippen LogP contribution in [-0.2, 0) is 9.53 Å². The third-order valence-electron chi connectivity index (χ3n) is 3.66. The summed E-state index contributed by atoms with van der Waals surface area (Å²) in [6.07, 6.45) is -1.30. The van der Waals surface area contributed by atoms with Gasteiger partial charge in [-0.2, -0.15) is 0 Å². The number of methoxy groups -OCH3 is 2.